The van der Waals surface area contributed by atoms with Crippen LogP contribution < -0.4 is 4.90 Å². The smallest absolute Gasteiger partial charge is 0.0940 e. The largest absolute Gasteiger partial charge is 0.388 e. The molecule has 2 heterocycles. The maximum Gasteiger partial charge on any atom is 0.0940 e. The van der Waals surface area contributed by atoms with Crippen molar-refractivity contribution in [2.24, 2.45) is 5.92 Å². The van der Waals surface area contributed by atoms with Crippen molar-refractivity contribution in [2.75, 3.05) is 38.8 Å². The lowest BCUT2D eigenvalue weighted by Crippen LogP contribution is -2.41. The number of ether oxygens (including phenoxy) is 2. The van der Waals surface area contributed by atoms with Crippen molar-refractivity contribution in [3.8, 4) is 0 Å². The van der Waals surface area contributed by atoms with Crippen molar-refractivity contribution < 1.29 is 14.6 Å². The van der Waals surface area contributed by atoms with E-state index in [4.69, 9.17) is 9.47 Å². The minimum atomic E-state index is -0.425. The molecule has 3 rings (SSSR count). The van der Waals surface area contributed by atoms with Crippen LogP contribution in [-0.2, 0) is 9.47 Å². The third-order valence-corrected chi connectivity index (χ3v) is 4.77. The van der Waals surface area contributed by atoms with E-state index < -0.39 is 6.10 Å². The number of hydrogen-bond acceptors (Lipinski definition) is 4. The van der Waals surface area contributed by atoms with Crippen LogP contribution in [0.5, 0.6) is 0 Å². The molecular formula is C17H25NO3. The highest BCUT2D eigenvalue weighted by Gasteiger charge is 2.42. The SMILES string of the molecule is CN(C)c1cccc(C(O)C2CCOC3(CCOC3)C2)c1. The van der Waals surface area contributed by atoms with Gasteiger partial charge in [-0.25, -0.2) is 0 Å². The molecule has 0 saturated carbocycles. The van der Waals surface area contributed by atoms with E-state index >= 15 is 0 Å². The maximum absolute atomic E-state index is 10.8. The van der Waals surface area contributed by atoms with Crippen LogP contribution in [0.25, 0.3) is 0 Å². The Kier molecular flexibility index (Phi) is 4.20. The molecule has 3 unspecified atom stereocenters. The predicted octanol–water partition coefficient (Wildman–Crippen LogP) is 2.37. The first-order valence-electron chi connectivity index (χ1n) is 7.77. The van der Waals surface area contributed by atoms with Crippen LogP contribution in [0, 0.1) is 5.92 Å². The van der Waals surface area contributed by atoms with Crippen molar-refractivity contribution in [1.29, 1.82) is 0 Å². The van der Waals surface area contributed by atoms with Crippen molar-refractivity contribution in [2.45, 2.75) is 31.0 Å². The Morgan fingerprint density at radius 3 is 2.90 bits per heavy atom. The van der Waals surface area contributed by atoms with Gasteiger partial charge in [-0.1, -0.05) is 12.1 Å². The summed E-state index contributed by atoms with van der Waals surface area (Å²) >= 11 is 0. The number of aliphatic hydroxyl groups is 1. The Morgan fingerprint density at radius 1 is 1.33 bits per heavy atom. The summed E-state index contributed by atoms with van der Waals surface area (Å²) in [4.78, 5) is 2.06. The van der Waals surface area contributed by atoms with Gasteiger partial charge in [0.15, 0.2) is 0 Å². The van der Waals surface area contributed by atoms with Gasteiger partial charge in [-0.05, 0) is 36.5 Å². The second-order valence-corrected chi connectivity index (χ2v) is 6.52. The van der Waals surface area contributed by atoms with E-state index in [0.717, 1.165) is 43.7 Å². The Labute approximate surface area is 126 Å². The van der Waals surface area contributed by atoms with E-state index in [0.29, 0.717) is 6.61 Å². The molecule has 21 heavy (non-hydrogen) atoms. The molecule has 1 N–H and O–H groups in total. The van der Waals surface area contributed by atoms with Gasteiger partial charge in [0.2, 0.25) is 0 Å². The van der Waals surface area contributed by atoms with Crippen LogP contribution >= 0.6 is 0 Å². The molecule has 0 amide bonds. The van der Waals surface area contributed by atoms with Crippen LogP contribution in [0.15, 0.2) is 24.3 Å². The Bertz CT molecular complexity index is 483. The highest BCUT2D eigenvalue weighted by Crippen LogP contribution is 2.41. The first-order chi connectivity index (χ1) is 10.1. The van der Waals surface area contributed by atoms with Gasteiger partial charge in [0.05, 0.1) is 18.3 Å². The van der Waals surface area contributed by atoms with Gasteiger partial charge in [-0.15, -0.1) is 0 Å². The highest BCUT2D eigenvalue weighted by molar-refractivity contribution is 5.47. The van der Waals surface area contributed by atoms with E-state index in [1.807, 2.05) is 26.2 Å². The molecule has 1 spiro atoms. The van der Waals surface area contributed by atoms with Crippen LogP contribution in [-0.4, -0.2) is 44.6 Å². The van der Waals surface area contributed by atoms with Gasteiger partial charge >= 0.3 is 0 Å². The summed E-state index contributed by atoms with van der Waals surface area (Å²) < 4.78 is 11.5. The van der Waals surface area contributed by atoms with Crippen LogP contribution in [0.1, 0.15) is 30.9 Å². The van der Waals surface area contributed by atoms with Gasteiger partial charge in [-0.2, -0.15) is 0 Å². The number of aliphatic hydroxyl groups excluding tert-OH is 1. The summed E-state index contributed by atoms with van der Waals surface area (Å²) in [7, 11) is 4.04. The summed E-state index contributed by atoms with van der Waals surface area (Å²) in [6, 6.07) is 8.18. The summed E-state index contributed by atoms with van der Waals surface area (Å²) in [5.74, 6) is 0.248. The molecule has 2 aliphatic rings. The molecule has 2 saturated heterocycles. The van der Waals surface area contributed by atoms with Gasteiger partial charge < -0.3 is 19.5 Å². The zero-order valence-corrected chi connectivity index (χ0v) is 12.9. The molecule has 116 valence electrons. The lowest BCUT2D eigenvalue weighted by Gasteiger charge is -2.39. The summed E-state index contributed by atoms with van der Waals surface area (Å²) in [5.41, 5.74) is 1.97. The van der Waals surface area contributed by atoms with Crippen molar-refractivity contribution in [1.82, 2.24) is 0 Å². The van der Waals surface area contributed by atoms with E-state index in [9.17, 15) is 5.11 Å². The minimum absolute atomic E-state index is 0.150. The first-order valence-corrected chi connectivity index (χ1v) is 7.77. The molecule has 0 aromatic heterocycles. The van der Waals surface area contributed by atoms with E-state index in [1.54, 1.807) is 0 Å². The summed E-state index contributed by atoms with van der Waals surface area (Å²) in [5, 5.41) is 10.8. The van der Waals surface area contributed by atoms with Gasteiger partial charge in [0, 0.05) is 39.4 Å². The van der Waals surface area contributed by atoms with Crippen LogP contribution in [0.3, 0.4) is 0 Å². The molecule has 2 fully saturated rings. The molecule has 0 aliphatic carbocycles. The average molecular weight is 291 g/mol. The number of benzene rings is 1. The third-order valence-electron chi connectivity index (χ3n) is 4.77. The van der Waals surface area contributed by atoms with Crippen molar-refractivity contribution in [3.63, 3.8) is 0 Å². The minimum Gasteiger partial charge on any atom is -0.388 e. The lowest BCUT2D eigenvalue weighted by molar-refractivity contribution is -0.117. The molecule has 1 aromatic carbocycles. The molecule has 0 radical (unpaired) electrons. The van der Waals surface area contributed by atoms with E-state index in [-0.39, 0.29) is 11.5 Å². The fourth-order valence-electron chi connectivity index (χ4n) is 3.46. The van der Waals surface area contributed by atoms with Gasteiger partial charge in [0.1, 0.15) is 0 Å². The zero-order chi connectivity index (χ0) is 14.9. The first kappa shape index (κ1) is 14.8. The Balaban J connectivity index is 1.75. The number of nitrogens with zero attached hydrogens (tertiary/aromatic N) is 1. The highest BCUT2D eigenvalue weighted by atomic mass is 16.6. The number of rotatable bonds is 3. The normalized spacial score (nSPS) is 30.5. The second-order valence-electron chi connectivity index (χ2n) is 6.52. The van der Waals surface area contributed by atoms with Gasteiger partial charge in [-0.3, -0.25) is 0 Å². The molecule has 4 nitrogen and oxygen atoms in total. The molecular weight excluding hydrogens is 266 g/mol. The predicted molar refractivity (Wildman–Crippen MR) is 82.6 cm³/mol. The van der Waals surface area contributed by atoms with Gasteiger partial charge in [0.25, 0.3) is 0 Å². The molecule has 1 aromatic rings. The van der Waals surface area contributed by atoms with E-state index in [1.165, 1.54) is 0 Å². The summed E-state index contributed by atoms with van der Waals surface area (Å²) in [6.07, 6.45) is 2.33. The lowest BCUT2D eigenvalue weighted by atomic mass is 9.80. The van der Waals surface area contributed by atoms with E-state index in [2.05, 4.69) is 17.0 Å². The van der Waals surface area contributed by atoms with Crippen LogP contribution in [0.4, 0.5) is 5.69 Å². The monoisotopic (exact) mass is 291 g/mol. The van der Waals surface area contributed by atoms with Crippen molar-refractivity contribution >= 4 is 5.69 Å². The maximum atomic E-state index is 10.8. The Morgan fingerprint density at radius 2 is 2.19 bits per heavy atom. The molecule has 3 atom stereocenters. The standard InChI is InChI=1S/C17H25NO3/c1-18(2)15-5-3-4-13(10-15)16(19)14-6-8-21-17(11-14)7-9-20-12-17/h3-5,10,14,16,19H,6-9,11-12H2,1-2H3. The summed E-state index contributed by atoms with van der Waals surface area (Å²) in [6.45, 7) is 2.17. The molecule has 0 bridgehead atoms. The zero-order valence-electron chi connectivity index (χ0n) is 12.9. The Hall–Kier alpha value is -1.10. The molecule has 4 heteroatoms. The average Bonchev–Trinajstić information content (AvgIpc) is 2.94. The van der Waals surface area contributed by atoms with Crippen LogP contribution in [0.2, 0.25) is 0 Å². The topological polar surface area (TPSA) is 41.9 Å². The number of hydrogen-bond donors (Lipinski definition) is 1. The third kappa shape index (κ3) is 3.07. The fourth-order valence-corrected chi connectivity index (χ4v) is 3.46. The number of anilines is 1. The second kappa shape index (κ2) is 5.95. The van der Waals surface area contributed by atoms with Crippen molar-refractivity contribution in [3.05, 3.63) is 29.8 Å². The quantitative estimate of drug-likeness (QED) is 0.928. The molecule has 2 aliphatic heterocycles. The fraction of sp³-hybridized carbons (Fsp3) is 0.647.